The van der Waals surface area contributed by atoms with Gasteiger partial charge >= 0.3 is 5.69 Å². The average molecular weight is 403 g/mol. The topological polar surface area (TPSA) is 129 Å². The third-order valence-corrected chi connectivity index (χ3v) is 3.80. The Kier molecular flexibility index (Phi) is 7.78. The van der Waals surface area contributed by atoms with Gasteiger partial charge < -0.3 is 24.8 Å². The van der Waals surface area contributed by atoms with E-state index in [9.17, 15) is 19.7 Å². The number of ether oxygens (including phenoxy) is 3. The number of methoxy groups -OCH3 is 2. The number of amides is 2. The molecule has 0 aliphatic heterocycles. The van der Waals surface area contributed by atoms with E-state index in [0.717, 1.165) is 6.07 Å². The van der Waals surface area contributed by atoms with E-state index >= 15 is 0 Å². The molecule has 154 valence electrons. The molecular formula is C19H21N3O7. The van der Waals surface area contributed by atoms with E-state index in [0.29, 0.717) is 11.5 Å². The number of rotatable bonds is 10. The summed E-state index contributed by atoms with van der Waals surface area (Å²) in [6, 6.07) is 10.8. The van der Waals surface area contributed by atoms with Crippen LogP contribution in [-0.4, -0.2) is 50.7 Å². The third-order valence-electron chi connectivity index (χ3n) is 3.80. The smallest absolute Gasteiger partial charge is 0.311 e. The molecule has 0 aromatic heterocycles. The second-order valence-electron chi connectivity index (χ2n) is 5.70. The number of carbonyl (C=O) groups excluding carboxylic acids is 2. The second-order valence-corrected chi connectivity index (χ2v) is 5.70. The number of nitrogens with zero attached hydrogens (tertiary/aromatic N) is 1. The van der Waals surface area contributed by atoms with Crippen molar-refractivity contribution < 1.29 is 28.7 Å². The summed E-state index contributed by atoms with van der Waals surface area (Å²) in [5.41, 5.74) is -0.284. The average Bonchev–Trinajstić information content (AvgIpc) is 2.74. The Bertz CT molecular complexity index is 869. The van der Waals surface area contributed by atoms with E-state index in [4.69, 9.17) is 14.2 Å². The number of benzene rings is 2. The van der Waals surface area contributed by atoms with Crippen molar-refractivity contribution >= 4 is 17.5 Å². The lowest BCUT2D eigenvalue weighted by Gasteiger charge is -2.09. The lowest BCUT2D eigenvalue weighted by Crippen LogP contribution is -2.38. The number of hydrogen-bond acceptors (Lipinski definition) is 7. The van der Waals surface area contributed by atoms with Crippen LogP contribution in [0.3, 0.4) is 0 Å². The number of nitro benzene ring substituents is 1. The predicted molar refractivity (Wildman–Crippen MR) is 103 cm³/mol. The summed E-state index contributed by atoms with van der Waals surface area (Å²) in [4.78, 5) is 34.3. The van der Waals surface area contributed by atoms with Gasteiger partial charge in [0.2, 0.25) is 5.91 Å². The van der Waals surface area contributed by atoms with Crippen molar-refractivity contribution in [3.8, 4) is 17.2 Å². The van der Waals surface area contributed by atoms with E-state index in [1.54, 1.807) is 31.4 Å². The Balaban J connectivity index is 1.74. The summed E-state index contributed by atoms with van der Waals surface area (Å²) in [6.45, 7) is 0.215. The van der Waals surface area contributed by atoms with Gasteiger partial charge in [-0.3, -0.25) is 19.7 Å². The van der Waals surface area contributed by atoms with Crippen molar-refractivity contribution in [1.29, 1.82) is 0 Å². The predicted octanol–water partition coefficient (Wildman–Crippen LogP) is 1.54. The fourth-order valence-electron chi connectivity index (χ4n) is 2.33. The summed E-state index contributed by atoms with van der Waals surface area (Å²) in [7, 11) is 2.87. The first kappa shape index (κ1) is 21.5. The van der Waals surface area contributed by atoms with E-state index in [2.05, 4.69) is 10.6 Å². The molecule has 0 atom stereocenters. The Morgan fingerprint density at radius 2 is 1.69 bits per heavy atom. The Morgan fingerprint density at radius 1 is 1.00 bits per heavy atom. The molecular weight excluding hydrogens is 382 g/mol. The van der Waals surface area contributed by atoms with Gasteiger partial charge in [0.15, 0.2) is 5.75 Å². The lowest BCUT2D eigenvalue weighted by molar-refractivity contribution is -0.385. The molecule has 2 N–H and O–H groups in total. The van der Waals surface area contributed by atoms with Crippen LogP contribution in [0.2, 0.25) is 0 Å². The first-order valence-electron chi connectivity index (χ1n) is 8.58. The number of nitro groups is 1. The minimum atomic E-state index is -0.648. The van der Waals surface area contributed by atoms with E-state index in [1.165, 1.54) is 19.2 Å². The summed E-state index contributed by atoms with van der Waals surface area (Å²) in [5.74, 6) is 0.360. The summed E-state index contributed by atoms with van der Waals surface area (Å²) < 4.78 is 15.4. The summed E-state index contributed by atoms with van der Waals surface area (Å²) in [5, 5.41) is 16.0. The zero-order chi connectivity index (χ0) is 21.2. The van der Waals surface area contributed by atoms with E-state index in [1.807, 2.05) is 0 Å². The molecule has 0 radical (unpaired) electrons. The summed E-state index contributed by atoms with van der Waals surface area (Å²) in [6.07, 6.45) is 0. The molecule has 2 rings (SSSR count). The van der Waals surface area contributed by atoms with Crippen LogP contribution in [0.15, 0.2) is 42.5 Å². The highest BCUT2D eigenvalue weighted by Gasteiger charge is 2.18. The molecule has 10 nitrogen and oxygen atoms in total. The standard InChI is InChI=1S/C19H21N3O7/c1-27-14-4-6-15(7-5-14)29-10-9-20-18(23)12-21-19(24)13-3-8-17(28-2)16(11-13)22(25)26/h3-8,11H,9-10,12H2,1-2H3,(H,20,23)(H,21,24). The quantitative estimate of drug-likeness (QED) is 0.350. The Hall–Kier alpha value is -3.82. The van der Waals surface area contributed by atoms with Crippen LogP contribution in [0.25, 0.3) is 0 Å². The first-order valence-corrected chi connectivity index (χ1v) is 8.58. The van der Waals surface area contributed by atoms with Gasteiger partial charge in [-0.1, -0.05) is 0 Å². The fourth-order valence-corrected chi connectivity index (χ4v) is 2.33. The minimum absolute atomic E-state index is 0.0427. The van der Waals surface area contributed by atoms with Gasteiger partial charge in [0.1, 0.15) is 18.1 Å². The van der Waals surface area contributed by atoms with E-state index < -0.39 is 16.7 Å². The molecule has 0 saturated heterocycles. The summed E-state index contributed by atoms with van der Waals surface area (Å²) >= 11 is 0. The molecule has 29 heavy (non-hydrogen) atoms. The molecule has 2 aromatic carbocycles. The maximum Gasteiger partial charge on any atom is 0.311 e. The monoisotopic (exact) mass is 403 g/mol. The van der Waals surface area contributed by atoms with Gasteiger partial charge in [-0.2, -0.15) is 0 Å². The van der Waals surface area contributed by atoms with Crippen LogP contribution < -0.4 is 24.8 Å². The van der Waals surface area contributed by atoms with Gasteiger partial charge in [-0.05, 0) is 36.4 Å². The second kappa shape index (κ2) is 10.5. The SMILES string of the molecule is COc1ccc(OCCNC(=O)CNC(=O)c2ccc(OC)c([N+](=O)[O-])c2)cc1. The van der Waals surface area contributed by atoms with Crippen LogP contribution in [0.4, 0.5) is 5.69 Å². The van der Waals surface area contributed by atoms with Crippen molar-refractivity contribution in [3.63, 3.8) is 0 Å². The Labute approximate surface area is 166 Å². The minimum Gasteiger partial charge on any atom is -0.497 e. The van der Waals surface area contributed by atoms with Gasteiger partial charge in [-0.25, -0.2) is 0 Å². The molecule has 0 aliphatic carbocycles. The van der Waals surface area contributed by atoms with Crippen LogP contribution >= 0.6 is 0 Å². The molecule has 10 heteroatoms. The third kappa shape index (κ3) is 6.38. The van der Waals surface area contributed by atoms with Crippen molar-refractivity contribution in [2.75, 3.05) is 33.9 Å². The first-order chi connectivity index (χ1) is 13.9. The molecule has 0 aliphatic rings. The molecule has 2 aromatic rings. The van der Waals surface area contributed by atoms with Crippen molar-refractivity contribution in [2.24, 2.45) is 0 Å². The van der Waals surface area contributed by atoms with Crippen molar-refractivity contribution in [1.82, 2.24) is 10.6 Å². The number of hydrogen-bond donors (Lipinski definition) is 2. The molecule has 0 fully saturated rings. The number of carbonyl (C=O) groups is 2. The highest BCUT2D eigenvalue weighted by molar-refractivity contribution is 5.97. The molecule has 2 amide bonds. The van der Waals surface area contributed by atoms with Crippen molar-refractivity contribution in [2.45, 2.75) is 0 Å². The van der Waals surface area contributed by atoms with Crippen LogP contribution in [0.5, 0.6) is 17.2 Å². The molecule has 0 spiro atoms. The van der Waals surface area contributed by atoms with Gasteiger partial charge in [0.05, 0.1) is 32.2 Å². The zero-order valence-electron chi connectivity index (χ0n) is 16.0. The maximum atomic E-state index is 12.1. The highest BCUT2D eigenvalue weighted by Crippen LogP contribution is 2.27. The van der Waals surface area contributed by atoms with Crippen LogP contribution in [0.1, 0.15) is 10.4 Å². The van der Waals surface area contributed by atoms with Crippen molar-refractivity contribution in [3.05, 3.63) is 58.1 Å². The molecule has 0 bridgehead atoms. The zero-order valence-corrected chi connectivity index (χ0v) is 16.0. The van der Waals surface area contributed by atoms with Gasteiger partial charge in [-0.15, -0.1) is 0 Å². The number of nitrogens with one attached hydrogen (secondary N) is 2. The molecule has 0 unspecified atom stereocenters. The van der Waals surface area contributed by atoms with Crippen LogP contribution in [-0.2, 0) is 4.79 Å². The van der Waals surface area contributed by atoms with Gasteiger partial charge in [0, 0.05) is 11.6 Å². The lowest BCUT2D eigenvalue weighted by atomic mass is 10.1. The van der Waals surface area contributed by atoms with E-state index in [-0.39, 0.29) is 36.7 Å². The highest BCUT2D eigenvalue weighted by atomic mass is 16.6. The fraction of sp³-hybridized carbons (Fsp3) is 0.263. The molecule has 0 heterocycles. The maximum absolute atomic E-state index is 12.1. The molecule has 0 saturated carbocycles. The largest absolute Gasteiger partial charge is 0.497 e. The van der Waals surface area contributed by atoms with Gasteiger partial charge in [0.25, 0.3) is 5.91 Å². The van der Waals surface area contributed by atoms with Crippen LogP contribution in [0, 0.1) is 10.1 Å². The normalized spacial score (nSPS) is 10.0. The Morgan fingerprint density at radius 3 is 2.31 bits per heavy atom.